The topological polar surface area (TPSA) is 103 Å². The number of anilines is 1. The Morgan fingerprint density at radius 3 is 2.75 bits per heavy atom. The van der Waals surface area contributed by atoms with Gasteiger partial charge in [0.05, 0.1) is 4.92 Å². The van der Waals surface area contributed by atoms with Crippen molar-refractivity contribution in [3.8, 4) is 11.6 Å². The minimum atomic E-state index is -0.561. The predicted molar refractivity (Wildman–Crippen MR) is 77.7 cm³/mol. The Balaban J connectivity index is 2.40. The minimum absolute atomic E-state index is 0.118. The summed E-state index contributed by atoms with van der Waals surface area (Å²) in [5.74, 6) is 5.85. The largest absolute Gasteiger partial charge is 0.434 e. The molecule has 0 saturated carbocycles. The maximum absolute atomic E-state index is 11.0. The molecule has 2 aromatic rings. The van der Waals surface area contributed by atoms with E-state index >= 15 is 0 Å². The zero-order valence-electron chi connectivity index (χ0n) is 10.5. The lowest BCUT2D eigenvalue weighted by Crippen LogP contribution is -2.09. The number of nitrogens with zero attached hydrogens (tertiary/aromatic N) is 2. The van der Waals surface area contributed by atoms with Crippen LogP contribution in [0.2, 0.25) is 0 Å². The zero-order chi connectivity index (χ0) is 14.7. The molecule has 0 fully saturated rings. The van der Waals surface area contributed by atoms with Crippen molar-refractivity contribution in [1.82, 2.24) is 4.98 Å². The van der Waals surface area contributed by atoms with Crippen LogP contribution in [0, 0.1) is 17.0 Å². The highest BCUT2D eigenvalue weighted by atomic mass is 79.9. The van der Waals surface area contributed by atoms with Crippen LogP contribution in [0.1, 0.15) is 5.56 Å². The second-order valence-corrected chi connectivity index (χ2v) is 4.79. The average molecular weight is 339 g/mol. The number of rotatable bonds is 4. The molecule has 0 spiro atoms. The maximum Gasteiger partial charge on any atom is 0.331 e. The van der Waals surface area contributed by atoms with Gasteiger partial charge in [-0.05, 0) is 36.8 Å². The first kappa shape index (κ1) is 14.2. The van der Waals surface area contributed by atoms with Crippen molar-refractivity contribution < 1.29 is 9.66 Å². The minimum Gasteiger partial charge on any atom is -0.434 e. The van der Waals surface area contributed by atoms with Crippen LogP contribution in [-0.4, -0.2) is 9.91 Å². The van der Waals surface area contributed by atoms with Crippen molar-refractivity contribution in [2.75, 3.05) is 5.43 Å². The molecule has 0 aliphatic carbocycles. The predicted octanol–water partition coefficient (Wildman–Crippen LogP) is 3.14. The van der Waals surface area contributed by atoms with Gasteiger partial charge in [0.25, 0.3) is 0 Å². The first-order valence-corrected chi connectivity index (χ1v) is 6.36. The fourth-order valence-electron chi connectivity index (χ4n) is 1.52. The van der Waals surface area contributed by atoms with Crippen molar-refractivity contribution in [1.29, 1.82) is 0 Å². The molecular formula is C12H11BrN4O3. The Labute approximate surface area is 123 Å². The normalized spacial score (nSPS) is 10.2. The number of pyridine rings is 1. The number of hydrogen-bond donors (Lipinski definition) is 2. The number of aryl methyl sites for hydroxylation is 1. The molecule has 3 N–H and O–H groups in total. The lowest BCUT2D eigenvalue weighted by Gasteiger charge is -2.08. The Morgan fingerprint density at radius 2 is 2.15 bits per heavy atom. The molecule has 7 nitrogen and oxygen atoms in total. The Hall–Kier alpha value is -2.19. The van der Waals surface area contributed by atoms with Crippen LogP contribution in [0.25, 0.3) is 0 Å². The summed E-state index contributed by atoms with van der Waals surface area (Å²) in [7, 11) is 0. The lowest BCUT2D eigenvalue weighted by atomic mass is 10.2. The van der Waals surface area contributed by atoms with E-state index in [1.54, 1.807) is 18.2 Å². The summed E-state index contributed by atoms with van der Waals surface area (Å²) in [6, 6.07) is 7.91. The van der Waals surface area contributed by atoms with Crippen LogP contribution in [0.4, 0.5) is 11.5 Å². The van der Waals surface area contributed by atoms with Crippen molar-refractivity contribution in [3.05, 3.63) is 50.5 Å². The maximum atomic E-state index is 11.0. The standard InChI is InChI=1S/C12H11BrN4O3/c1-7-6-8(2-3-9(7)13)20-12-10(17(18)19)4-5-11(15-12)16-14/h2-6H,14H2,1H3,(H,15,16). The molecule has 1 aromatic carbocycles. The molecule has 104 valence electrons. The van der Waals surface area contributed by atoms with Crippen LogP contribution < -0.4 is 16.0 Å². The summed E-state index contributed by atoms with van der Waals surface area (Å²) in [5, 5.41) is 11.0. The van der Waals surface area contributed by atoms with Gasteiger partial charge >= 0.3 is 11.6 Å². The smallest absolute Gasteiger partial charge is 0.331 e. The molecule has 2 rings (SSSR count). The molecule has 0 unspecified atom stereocenters. The highest BCUT2D eigenvalue weighted by Gasteiger charge is 2.18. The lowest BCUT2D eigenvalue weighted by molar-refractivity contribution is -0.386. The third-order valence-electron chi connectivity index (χ3n) is 2.53. The second-order valence-electron chi connectivity index (χ2n) is 3.94. The van der Waals surface area contributed by atoms with E-state index in [2.05, 4.69) is 26.3 Å². The average Bonchev–Trinajstić information content (AvgIpc) is 2.42. The van der Waals surface area contributed by atoms with E-state index in [-0.39, 0.29) is 17.4 Å². The molecule has 0 aliphatic rings. The highest BCUT2D eigenvalue weighted by molar-refractivity contribution is 9.10. The first-order valence-electron chi connectivity index (χ1n) is 5.57. The quantitative estimate of drug-likeness (QED) is 0.504. The molecule has 1 heterocycles. The molecular weight excluding hydrogens is 328 g/mol. The van der Waals surface area contributed by atoms with Gasteiger partial charge in [0.2, 0.25) is 0 Å². The van der Waals surface area contributed by atoms with E-state index < -0.39 is 4.92 Å². The van der Waals surface area contributed by atoms with Gasteiger partial charge in [-0.3, -0.25) is 10.1 Å². The van der Waals surface area contributed by atoms with E-state index in [0.717, 1.165) is 10.0 Å². The Morgan fingerprint density at radius 1 is 1.40 bits per heavy atom. The van der Waals surface area contributed by atoms with Crippen LogP contribution in [-0.2, 0) is 0 Å². The Kier molecular flexibility index (Phi) is 4.16. The van der Waals surface area contributed by atoms with Gasteiger partial charge in [-0.1, -0.05) is 15.9 Å². The van der Waals surface area contributed by atoms with Crippen LogP contribution >= 0.6 is 15.9 Å². The number of nitrogens with one attached hydrogen (secondary N) is 1. The third kappa shape index (κ3) is 3.03. The number of hydrogen-bond acceptors (Lipinski definition) is 6. The summed E-state index contributed by atoms with van der Waals surface area (Å²) in [6.45, 7) is 1.89. The number of halogens is 1. The van der Waals surface area contributed by atoms with Crippen LogP contribution in [0.15, 0.2) is 34.8 Å². The number of ether oxygens (including phenoxy) is 1. The number of nitrogen functional groups attached to an aromatic ring is 1. The number of hydrazine groups is 1. The monoisotopic (exact) mass is 338 g/mol. The molecule has 8 heteroatoms. The molecule has 0 atom stereocenters. The molecule has 0 saturated heterocycles. The molecule has 0 radical (unpaired) electrons. The summed E-state index contributed by atoms with van der Waals surface area (Å²) < 4.78 is 6.40. The fraction of sp³-hybridized carbons (Fsp3) is 0.0833. The van der Waals surface area contributed by atoms with Gasteiger partial charge in [0, 0.05) is 10.5 Å². The van der Waals surface area contributed by atoms with Crippen molar-refractivity contribution in [2.45, 2.75) is 6.92 Å². The SMILES string of the molecule is Cc1cc(Oc2nc(NN)ccc2[N+](=O)[O-])ccc1Br. The molecule has 20 heavy (non-hydrogen) atoms. The zero-order valence-corrected chi connectivity index (χ0v) is 12.0. The number of aromatic nitrogens is 1. The number of benzene rings is 1. The second kappa shape index (κ2) is 5.85. The van der Waals surface area contributed by atoms with E-state index in [0.29, 0.717) is 5.75 Å². The summed E-state index contributed by atoms with van der Waals surface area (Å²) in [4.78, 5) is 14.3. The van der Waals surface area contributed by atoms with Gasteiger partial charge < -0.3 is 10.2 Å². The Bertz CT molecular complexity index is 663. The van der Waals surface area contributed by atoms with E-state index in [9.17, 15) is 10.1 Å². The van der Waals surface area contributed by atoms with Gasteiger partial charge in [-0.25, -0.2) is 5.84 Å². The third-order valence-corrected chi connectivity index (χ3v) is 3.42. The summed E-state index contributed by atoms with van der Waals surface area (Å²) in [5.41, 5.74) is 3.03. The number of nitro groups is 1. The summed E-state index contributed by atoms with van der Waals surface area (Å²) >= 11 is 3.37. The van der Waals surface area contributed by atoms with Crippen LogP contribution in [0.3, 0.4) is 0 Å². The van der Waals surface area contributed by atoms with Crippen molar-refractivity contribution in [2.24, 2.45) is 5.84 Å². The molecule has 1 aromatic heterocycles. The van der Waals surface area contributed by atoms with Gasteiger partial charge in [-0.15, -0.1) is 0 Å². The first-order chi connectivity index (χ1) is 9.51. The van der Waals surface area contributed by atoms with Gasteiger partial charge in [-0.2, -0.15) is 4.98 Å². The highest BCUT2D eigenvalue weighted by Crippen LogP contribution is 2.32. The molecule has 0 bridgehead atoms. The summed E-state index contributed by atoms with van der Waals surface area (Å²) in [6.07, 6.45) is 0. The van der Waals surface area contributed by atoms with E-state index in [1.165, 1.54) is 12.1 Å². The number of nitrogens with two attached hydrogens (primary N) is 1. The van der Waals surface area contributed by atoms with Gasteiger partial charge in [0.1, 0.15) is 11.6 Å². The van der Waals surface area contributed by atoms with E-state index in [4.69, 9.17) is 10.6 Å². The van der Waals surface area contributed by atoms with E-state index in [1.807, 2.05) is 6.92 Å². The fourth-order valence-corrected chi connectivity index (χ4v) is 1.77. The van der Waals surface area contributed by atoms with Crippen molar-refractivity contribution >= 4 is 27.4 Å². The molecule has 0 amide bonds. The van der Waals surface area contributed by atoms with Gasteiger partial charge in [0.15, 0.2) is 0 Å². The van der Waals surface area contributed by atoms with Crippen LogP contribution in [0.5, 0.6) is 11.6 Å². The molecule has 0 aliphatic heterocycles. The van der Waals surface area contributed by atoms with Crippen molar-refractivity contribution in [3.63, 3.8) is 0 Å².